The maximum atomic E-state index is 13.3. The van der Waals surface area contributed by atoms with E-state index in [4.69, 9.17) is 4.74 Å². The van der Waals surface area contributed by atoms with Gasteiger partial charge in [-0.05, 0) is 453 Å². The lowest BCUT2D eigenvalue weighted by molar-refractivity contribution is -0.172. The maximum Gasteiger partial charge on any atom is 0.305 e. The molecule has 1 amide bonds. The zero-order chi connectivity index (χ0) is 95.7. The van der Waals surface area contributed by atoms with E-state index in [9.17, 15) is 44.4 Å². The summed E-state index contributed by atoms with van der Waals surface area (Å²) in [5, 5.41) is 45.1. The van der Waals surface area contributed by atoms with Crippen molar-refractivity contribution in [1.29, 1.82) is 0 Å². The minimum absolute atomic E-state index is 0.0320. The number of allylic oxidation sites excluding steroid dienone is 1. The Labute approximate surface area is 815 Å². The van der Waals surface area contributed by atoms with E-state index in [-0.39, 0.29) is 70.1 Å². The molecule has 754 valence electrons. The fraction of sp³-hybridized carbons (Fsp3) is 0.893. The van der Waals surface area contributed by atoms with Crippen LogP contribution in [0.25, 0.3) is 0 Å². The molecule has 19 saturated carbocycles. The van der Waals surface area contributed by atoms with Gasteiger partial charge in [0.25, 0.3) is 5.91 Å². The number of esters is 1. The standard InChI is InChI=1S/C28H40N2O2.C24H40O2.C24H42O2.C24H40O.C22H34O3/c1-27-15-13-21(31)17-19(27)7-10-22-23-11-12-25(28(23,2)16-14-24(22)27)29-26(32)18-5-8-20(9-6-18)30(3)4;1-5-6-15(2)18-7-8-19-22-20(10-12-24(18,19)4)23(3)11-9-17(25)13-16(23)14-21(22)26;1-5-6-15(2)18-7-8-19-17-14-22(26)21-13-16(25)9-11-24(21,4)20(17)10-12-23(18,19)3;1-5-6-16(2)20-9-10-21-19-8-7-17-15-18(25)11-13-23(17,3)22(19)12-14-24(20,21)4;1-4-20(24)25-19-8-7-17-16-6-5-14-13-15(23)9-11-21(14,2)18(16)10-12-22(17,19)3/h5-9,21-25,31H,10-17H2,1-4H3,(H,29,32);15-20,22,25H,5-14H2,1-4H3;15-22,25-26H,5-14H2,1-4H3;16-17,19-22H,5-15H2,1-4H3;14,16-19H,4-13H2,1-3H3/t21-,22?,23?,24?,25?,27?,28?;15?,16-,17+,18?,19?,20?,22?,23?,24?;15?,16-,17?,18?,19?,20?,21+,22+,23?,24?;16?,17-,19?,20?,21?,22?,23?,24?;14-,16?,17?,18?,19?,21?,22?/m10111/s1. The zero-order valence-corrected chi connectivity index (χ0v) is 88.6. The highest BCUT2D eigenvalue weighted by molar-refractivity contribution is 5.95. The van der Waals surface area contributed by atoms with E-state index in [1.54, 1.807) is 0 Å². The van der Waals surface area contributed by atoms with Crippen molar-refractivity contribution < 1.29 is 49.1 Å². The molecule has 0 aromatic heterocycles. The highest BCUT2D eigenvalue weighted by Gasteiger charge is 2.69. The van der Waals surface area contributed by atoms with E-state index in [2.05, 4.69) is 127 Å². The molecule has 0 aliphatic heterocycles. The molecular formula is C122H196N2O10. The number of rotatable bonds is 14. The SMILES string of the molecule is CCC(=O)OC1CCC2C3CC[C@@H]4CC(=O)CCC4(C)C3CCC12C.CCCC(C)C1CCC2C3C(=O)C[C@@H]4C[C@H](O)CCC4(C)C3CCC12C.CCCC(C)C1CCC2C3CC[C@@H]4CC(=O)CCC4(C)C3CCC12C.CCCC(C)C1CCC2C3C[C@H](O)[C@@H]4C[C@H](O)CCC4(C)C3CCC12C.CN(C)c1ccc(C(=O)NC2CCC3C4CC=C5C[C@H](O)CCC5(C)C4CCC23C)cc1. The number of benzene rings is 1. The van der Waals surface area contributed by atoms with Crippen LogP contribution in [-0.4, -0.2) is 100 Å². The Hall–Kier alpha value is -3.45. The molecule has 5 N–H and O–H groups in total. The lowest BCUT2D eigenvalue weighted by Crippen LogP contribution is -2.58. The average Bonchev–Trinajstić information content (AvgIpc) is 1.34. The molecule has 0 heterocycles. The summed E-state index contributed by atoms with van der Waals surface area (Å²) in [7, 11) is 4.04. The largest absolute Gasteiger partial charge is 0.462 e. The van der Waals surface area contributed by atoms with E-state index in [0.29, 0.717) is 110 Å². The second-order valence-electron chi connectivity index (χ2n) is 54.7. The Morgan fingerprint density at radius 2 is 0.836 bits per heavy atom. The van der Waals surface area contributed by atoms with Gasteiger partial charge in [0, 0.05) is 81.2 Å². The molecule has 33 unspecified atom stereocenters. The smallest absolute Gasteiger partial charge is 0.305 e. The molecular weight excluding hydrogens is 1650 g/mol. The van der Waals surface area contributed by atoms with Gasteiger partial charge in [-0.25, -0.2) is 0 Å². The Balaban J connectivity index is 0.000000117. The Kier molecular flexibility index (Phi) is 30.1. The van der Waals surface area contributed by atoms with Crippen molar-refractivity contribution in [3.05, 3.63) is 41.5 Å². The van der Waals surface area contributed by atoms with E-state index in [1.807, 2.05) is 45.3 Å². The first-order valence-corrected chi connectivity index (χ1v) is 57.9. The molecule has 0 radical (unpaired) electrons. The quantitative estimate of drug-likeness (QED) is 0.0880. The summed E-state index contributed by atoms with van der Waals surface area (Å²) in [5.41, 5.74) is 6.97. The normalized spacial score (nSPS) is 49.1. The van der Waals surface area contributed by atoms with E-state index in [0.717, 1.165) is 228 Å². The van der Waals surface area contributed by atoms with Crippen molar-refractivity contribution in [3.8, 4) is 0 Å². The van der Waals surface area contributed by atoms with Crippen LogP contribution in [0.2, 0.25) is 0 Å². The Morgan fingerprint density at radius 3 is 1.39 bits per heavy atom. The molecule has 12 heteroatoms. The first-order chi connectivity index (χ1) is 63.6. The van der Waals surface area contributed by atoms with Gasteiger partial charge in [-0.2, -0.15) is 0 Å². The van der Waals surface area contributed by atoms with Crippen LogP contribution in [0.15, 0.2) is 35.9 Å². The van der Waals surface area contributed by atoms with Crippen molar-refractivity contribution in [2.75, 3.05) is 19.0 Å². The van der Waals surface area contributed by atoms with Crippen LogP contribution < -0.4 is 10.2 Å². The number of Topliss-reactive ketones (excluding diaryl/α,β-unsaturated/α-hetero) is 3. The van der Waals surface area contributed by atoms with Crippen LogP contribution in [0.4, 0.5) is 5.69 Å². The van der Waals surface area contributed by atoms with Crippen LogP contribution in [-0.2, 0) is 23.9 Å². The van der Waals surface area contributed by atoms with Gasteiger partial charge in [0.1, 0.15) is 23.5 Å². The van der Waals surface area contributed by atoms with Crippen LogP contribution >= 0.6 is 0 Å². The molecule has 20 aliphatic carbocycles. The van der Waals surface area contributed by atoms with Crippen molar-refractivity contribution in [2.24, 2.45) is 202 Å². The first-order valence-electron chi connectivity index (χ1n) is 57.9. The summed E-state index contributed by atoms with van der Waals surface area (Å²) < 4.78 is 5.87. The zero-order valence-electron chi connectivity index (χ0n) is 88.6. The molecule has 19 fully saturated rings. The predicted molar refractivity (Wildman–Crippen MR) is 543 cm³/mol. The number of aliphatic hydroxyl groups is 4. The molecule has 20 aliphatic rings. The van der Waals surface area contributed by atoms with Crippen molar-refractivity contribution >= 4 is 34.9 Å². The number of ketones is 3. The molecule has 1 aromatic carbocycles. The first kappa shape index (κ1) is 102. The number of ether oxygens (including phenoxy) is 1. The minimum atomic E-state index is -0.189. The van der Waals surface area contributed by atoms with Crippen molar-refractivity contribution in [2.45, 2.75) is 469 Å². The number of nitrogens with zero attached hydrogens (tertiary/aromatic N) is 1. The molecule has 12 nitrogen and oxygen atoms in total. The number of fused-ring (bicyclic) bond motifs is 25. The summed E-state index contributed by atoms with van der Waals surface area (Å²) in [4.78, 5) is 64.4. The number of aliphatic hydroxyl groups excluding tert-OH is 4. The Bertz CT molecular complexity index is 4300. The van der Waals surface area contributed by atoms with Gasteiger partial charge in [-0.15, -0.1) is 0 Å². The predicted octanol–water partition coefficient (Wildman–Crippen LogP) is 27.8. The van der Waals surface area contributed by atoms with Crippen LogP contribution in [0.1, 0.15) is 443 Å². The van der Waals surface area contributed by atoms with Gasteiger partial charge >= 0.3 is 5.97 Å². The highest BCUT2D eigenvalue weighted by Crippen LogP contribution is 2.75. The number of nitrogens with one attached hydrogen (secondary N) is 1. The topological polar surface area (TPSA) is 191 Å². The average molecular weight is 1850 g/mol. The minimum Gasteiger partial charge on any atom is -0.462 e. The van der Waals surface area contributed by atoms with Crippen molar-refractivity contribution in [1.82, 2.24) is 5.32 Å². The molecule has 1 aromatic rings. The molecule has 21 rings (SSSR count). The number of hydrogen-bond donors (Lipinski definition) is 5. The maximum absolute atomic E-state index is 13.3. The van der Waals surface area contributed by atoms with Gasteiger partial charge < -0.3 is 35.4 Å². The fourth-order valence-corrected chi connectivity index (χ4v) is 41.6. The second-order valence-corrected chi connectivity index (χ2v) is 54.7. The number of anilines is 1. The number of hydrogen-bond acceptors (Lipinski definition) is 11. The molecule has 0 saturated heterocycles. The summed E-state index contributed by atoms with van der Waals surface area (Å²) in [6.07, 6.45) is 59.4. The summed E-state index contributed by atoms with van der Waals surface area (Å²) >= 11 is 0. The van der Waals surface area contributed by atoms with Gasteiger partial charge in [0.2, 0.25) is 0 Å². The summed E-state index contributed by atoms with van der Waals surface area (Å²) in [6, 6.07) is 8.20. The molecule has 134 heavy (non-hydrogen) atoms. The van der Waals surface area contributed by atoms with Crippen LogP contribution in [0.3, 0.4) is 0 Å². The number of carbonyl (C=O) groups is 5. The van der Waals surface area contributed by atoms with Gasteiger partial charge in [-0.1, -0.05) is 168 Å². The van der Waals surface area contributed by atoms with E-state index < -0.39 is 0 Å². The molecule has 0 spiro atoms. The summed E-state index contributed by atoms with van der Waals surface area (Å²) in [5.74, 6) is 20.1. The Morgan fingerprint density at radius 1 is 0.403 bits per heavy atom. The van der Waals surface area contributed by atoms with Crippen molar-refractivity contribution in [3.63, 3.8) is 0 Å². The van der Waals surface area contributed by atoms with Crippen LogP contribution in [0, 0.1) is 202 Å². The fourth-order valence-electron chi connectivity index (χ4n) is 41.6. The molecule has 41 atom stereocenters. The second kappa shape index (κ2) is 39.6. The lowest BCUT2D eigenvalue weighted by Gasteiger charge is -2.62. The monoisotopic (exact) mass is 1850 g/mol. The third-order valence-corrected chi connectivity index (χ3v) is 49.1. The molecule has 0 bridgehead atoms. The lowest BCUT2D eigenvalue weighted by atomic mass is 9.44. The third-order valence-electron chi connectivity index (χ3n) is 49.1. The van der Waals surface area contributed by atoms with Crippen LogP contribution in [0.5, 0.6) is 0 Å². The summed E-state index contributed by atoms with van der Waals surface area (Å²) in [6.45, 7) is 41.6. The van der Waals surface area contributed by atoms with Gasteiger partial charge in [0.05, 0.1) is 24.4 Å². The highest BCUT2D eigenvalue weighted by atomic mass is 16.5. The van der Waals surface area contributed by atoms with E-state index >= 15 is 0 Å². The third kappa shape index (κ3) is 17.9. The van der Waals surface area contributed by atoms with Gasteiger partial charge in [-0.3, -0.25) is 24.0 Å². The van der Waals surface area contributed by atoms with E-state index in [1.165, 1.54) is 192 Å². The number of amides is 1. The van der Waals surface area contributed by atoms with Gasteiger partial charge in [0.15, 0.2) is 0 Å². The number of carbonyl (C=O) groups excluding carboxylic acids is 5.